The molecule has 0 aromatic carbocycles. The molecule has 1 N–H and O–H groups in total. The normalized spacial score (nSPS) is 30.3. The average Bonchev–Trinajstić information content (AvgIpc) is 2.45. The van der Waals surface area contributed by atoms with Crippen LogP contribution in [-0.4, -0.2) is 43.3 Å². The van der Waals surface area contributed by atoms with E-state index in [4.69, 9.17) is 0 Å². The topological polar surface area (TPSA) is 15.3 Å². The number of nitrogens with zero attached hydrogens (tertiary/aromatic N) is 1. The van der Waals surface area contributed by atoms with E-state index in [1.807, 2.05) is 0 Å². The van der Waals surface area contributed by atoms with E-state index < -0.39 is 12.1 Å². The zero-order valence-corrected chi connectivity index (χ0v) is 13.1. The number of nitrogens with one attached hydrogen (secondary N) is 1. The second kappa shape index (κ2) is 7.82. The van der Waals surface area contributed by atoms with E-state index >= 15 is 0 Å². The third-order valence-corrected chi connectivity index (χ3v) is 5.04. The third kappa shape index (κ3) is 5.44. The molecule has 2 aliphatic rings. The summed E-state index contributed by atoms with van der Waals surface area (Å²) < 4.78 is 39.2. The maximum absolute atomic E-state index is 13.1. The standard InChI is InChI=1S/C16H29F3N2/c1-13(12-21-9-5-2-6-10-21)20-11-14-7-3-4-8-15(14)16(17,18)19/h13-15,20H,2-12H2,1H3. The van der Waals surface area contributed by atoms with Crippen LogP contribution in [0.5, 0.6) is 0 Å². The van der Waals surface area contributed by atoms with Gasteiger partial charge in [0.05, 0.1) is 5.92 Å². The second-order valence-electron chi connectivity index (χ2n) is 6.86. The van der Waals surface area contributed by atoms with Gasteiger partial charge in [0.2, 0.25) is 0 Å². The summed E-state index contributed by atoms with van der Waals surface area (Å²) >= 11 is 0. The van der Waals surface area contributed by atoms with E-state index in [0.717, 1.165) is 32.5 Å². The quantitative estimate of drug-likeness (QED) is 0.830. The molecule has 0 aromatic rings. The van der Waals surface area contributed by atoms with Crippen molar-refractivity contribution < 1.29 is 13.2 Å². The van der Waals surface area contributed by atoms with Gasteiger partial charge < -0.3 is 10.2 Å². The molecule has 3 unspecified atom stereocenters. The van der Waals surface area contributed by atoms with Gasteiger partial charge in [-0.1, -0.05) is 19.3 Å². The second-order valence-corrected chi connectivity index (χ2v) is 6.86. The van der Waals surface area contributed by atoms with Crippen molar-refractivity contribution in [2.45, 2.75) is 64.1 Å². The number of rotatable bonds is 5. The summed E-state index contributed by atoms with van der Waals surface area (Å²) in [7, 11) is 0. The number of hydrogen-bond acceptors (Lipinski definition) is 2. The highest BCUT2D eigenvalue weighted by Crippen LogP contribution is 2.41. The zero-order valence-electron chi connectivity index (χ0n) is 13.1. The molecule has 0 spiro atoms. The first-order valence-corrected chi connectivity index (χ1v) is 8.49. The summed E-state index contributed by atoms with van der Waals surface area (Å²) in [5, 5.41) is 3.36. The SMILES string of the molecule is CC(CN1CCCCC1)NCC1CCCCC1C(F)(F)F. The lowest BCUT2D eigenvalue weighted by Crippen LogP contribution is -2.45. The Kier molecular flexibility index (Phi) is 6.35. The molecule has 1 aliphatic carbocycles. The van der Waals surface area contributed by atoms with E-state index in [-0.39, 0.29) is 12.0 Å². The highest BCUT2D eigenvalue weighted by molar-refractivity contribution is 4.83. The van der Waals surface area contributed by atoms with Crippen molar-refractivity contribution in [1.29, 1.82) is 0 Å². The highest BCUT2D eigenvalue weighted by atomic mass is 19.4. The molecule has 21 heavy (non-hydrogen) atoms. The Morgan fingerprint density at radius 2 is 1.71 bits per heavy atom. The third-order valence-electron chi connectivity index (χ3n) is 5.04. The molecule has 2 nitrogen and oxygen atoms in total. The summed E-state index contributed by atoms with van der Waals surface area (Å²) in [5.41, 5.74) is 0. The summed E-state index contributed by atoms with van der Waals surface area (Å²) in [5.74, 6) is -1.33. The summed E-state index contributed by atoms with van der Waals surface area (Å²) in [4.78, 5) is 2.43. The number of alkyl halides is 3. The minimum Gasteiger partial charge on any atom is -0.313 e. The molecule has 5 heteroatoms. The fourth-order valence-electron chi connectivity index (χ4n) is 3.83. The minimum atomic E-state index is -4.02. The molecule has 0 aromatic heterocycles. The molecule has 1 heterocycles. The number of likely N-dealkylation sites (tertiary alicyclic amines) is 1. The molecule has 0 amide bonds. The van der Waals surface area contributed by atoms with E-state index in [2.05, 4.69) is 17.1 Å². The predicted molar refractivity (Wildman–Crippen MR) is 79.3 cm³/mol. The Hall–Kier alpha value is -0.290. The van der Waals surface area contributed by atoms with Gasteiger partial charge in [-0.05, 0) is 58.2 Å². The molecular weight excluding hydrogens is 277 g/mol. The monoisotopic (exact) mass is 306 g/mol. The Labute approximate surface area is 126 Å². The number of hydrogen-bond donors (Lipinski definition) is 1. The smallest absolute Gasteiger partial charge is 0.313 e. The van der Waals surface area contributed by atoms with Crippen molar-refractivity contribution in [3.8, 4) is 0 Å². The van der Waals surface area contributed by atoms with Crippen molar-refractivity contribution in [2.24, 2.45) is 11.8 Å². The molecule has 0 radical (unpaired) electrons. The van der Waals surface area contributed by atoms with E-state index in [1.54, 1.807) is 0 Å². The van der Waals surface area contributed by atoms with E-state index in [0.29, 0.717) is 19.4 Å². The van der Waals surface area contributed by atoms with Crippen LogP contribution in [0.1, 0.15) is 51.9 Å². The summed E-state index contributed by atoms with van der Waals surface area (Å²) in [6.45, 7) is 5.85. The fourth-order valence-corrected chi connectivity index (χ4v) is 3.83. The number of piperidine rings is 1. The Morgan fingerprint density at radius 3 is 2.38 bits per heavy atom. The van der Waals surface area contributed by atoms with Crippen LogP contribution in [-0.2, 0) is 0 Å². The fraction of sp³-hybridized carbons (Fsp3) is 1.00. The van der Waals surface area contributed by atoms with Gasteiger partial charge in [-0.2, -0.15) is 13.2 Å². The first kappa shape index (κ1) is 17.1. The van der Waals surface area contributed by atoms with Gasteiger partial charge in [0.25, 0.3) is 0 Å². The van der Waals surface area contributed by atoms with Gasteiger partial charge in [-0.3, -0.25) is 0 Å². The first-order chi connectivity index (χ1) is 9.97. The summed E-state index contributed by atoms with van der Waals surface area (Å²) in [6.07, 6.45) is 2.50. The van der Waals surface area contributed by atoms with Crippen molar-refractivity contribution in [3.05, 3.63) is 0 Å². The van der Waals surface area contributed by atoms with Crippen LogP contribution >= 0.6 is 0 Å². The predicted octanol–water partition coefficient (Wildman–Crippen LogP) is 3.82. The van der Waals surface area contributed by atoms with Gasteiger partial charge in [-0.25, -0.2) is 0 Å². The molecule has 1 saturated heterocycles. The average molecular weight is 306 g/mol. The van der Waals surface area contributed by atoms with Crippen LogP contribution in [0.25, 0.3) is 0 Å². The Balaban J connectivity index is 1.74. The van der Waals surface area contributed by atoms with Crippen molar-refractivity contribution in [1.82, 2.24) is 10.2 Å². The molecule has 1 aliphatic heterocycles. The Morgan fingerprint density at radius 1 is 1.05 bits per heavy atom. The van der Waals surface area contributed by atoms with E-state index in [9.17, 15) is 13.2 Å². The largest absolute Gasteiger partial charge is 0.392 e. The van der Waals surface area contributed by atoms with Gasteiger partial charge in [0, 0.05) is 12.6 Å². The van der Waals surface area contributed by atoms with Gasteiger partial charge >= 0.3 is 6.18 Å². The van der Waals surface area contributed by atoms with Gasteiger partial charge in [0.1, 0.15) is 0 Å². The lowest BCUT2D eigenvalue weighted by atomic mass is 9.78. The summed E-state index contributed by atoms with van der Waals surface area (Å²) in [6, 6.07) is 0.277. The molecule has 124 valence electrons. The molecule has 2 rings (SSSR count). The first-order valence-electron chi connectivity index (χ1n) is 8.49. The molecule has 1 saturated carbocycles. The number of halogens is 3. The maximum atomic E-state index is 13.1. The lowest BCUT2D eigenvalue weighted by Gasteiger charge is -2.35. The van der Waals surface area contributed by atoms with Crippen LogP contribution in [0, 0.1) is 11.8 Å². The van der Waals surface area contributed by atoms with Crippen molar-refractivity contribution >= 4 is 0 Å². The van der Waals surface area contributed by atoms with Crippen LogP contribution in [0.4, 0.5) is 13.2 Å². The van der Waals surface area contributed by atoms with Crippen LogP contribution < -0.4 is 5.32 Å². The van der Waals surface area contributed by atoms with Crippen molar-refractivity contribution in [3.63, 3.8) is 0 Å². The van der Waals surface area contributed by atoms with E-state index in [1.165, 1.54) is 19.3 Å². The van der Waals surface area contributed by atoms with Crippen LogP contribution in [0.15, 0.2) is 0 Å². The van der Waals surface area contributed by atoms with Gasteiger partial charge in [0.15, 0.2) is 0 Å². The maximum Gasteiger partial charge on any atom is 0.392 e. The minimum absolute atomic E-state index is 0.234. The highest BCUT2D eigenvalue weighted by Gasteiger charge is 2.45. The van der Waals surface area contributed by atoms with Crippen LogP contribution in [0.3, 0.4) is 0 Å². The lowest BCUT2D eigenvalue weighted by molar-refractivity contribution is -0.195. The van der Waals surface area contributed by atoms with Crippen molar-refractivity contribution in [2.75, 3.05) is 26.2 Å². The molecule has 2 fully saturated rings. The van der Waals surface area contributed by atoms with Gasteiger partial charge in [-0.15, -0.1) is 0 Å². The molecule has 0 bridgehead atoms. The molecular formula is C16H29F3N2. The molecule has 3 atom stereocenters. The Bertz CT molecular complexity index is 300. The zero-order chi connectivity index (χ0) is 15.3. The van der Waals surface area contributed by atoms with Crippen LogP contribution in [0.2, 0.25) is 0 Å².